The fourth-order valence-electron chi connectivity index (χ4n) is 1.90. The second-order valence-electron chi connectivity index (χ2n) is 4.64. The van der Waals surface area contributed by atoms with E-state index < -0.39 is 5.82 Å². The molecule has 0 unspecified atom stereocenters. The molecule has 3 N–H and O–H groups in total. The number of rotatable bonds is 5. The zero-order valence-electron chi connectivity index (χ0n) is 11.7. The first kappa shape index (κ1) is 14.8. The van der Waals surface area contributed by atoms with Gasteiger partial charge in [0.15, 0.2) is 11.6 Å². The molecular weight excluding hydrogens is 271 g/mol. The monoisotopic (exact) mass is 288 g/mol. The summed E-state index contributed by atoms with van der Waals surface area (Å²) in [5.74, 6) is -0.496. The number of nitrogens with one attached hydrogen (secondary N) is 1. The highest BCUT2D eigenvalue weighted by Gasteiger charge is 2.07. The van der Waals surface area contributed by atoms with Crippen LogP contribution >= 0.6 is 0 Å². The van der Waals surface area contributed by atoms with Gasteiger partial charge in [-0.1, -0.05) is 12.1 Å². The van der Waals surface area contributed by atoms with Gasteiger partial charge in [0.2, 0.25) is 5.91 Å². The molecule has 0 bridgehead atoms. The van der Waals surface area contributed by atoms with Gasteiger partial charge in [0.1, 0.15) is 0 Å². The minimum Gasteiger partial charge on any atom is -0.494 e. The smallest absolute Gasteiger partial charge is 0.224 e. The molecule has 2 rings (SSSR count). The fraction of sp³-hybridized carbons (Fsp3) is 0.188. The van der Waals surface area contributed by atoms with Gasteiger partial charge in [0.05, 0.1) is 7.11 Å². The van der Waals surface area contributed by atoms with Crippen LogP contribution in [0.1, 0.15) is 12.0 Å². The molecule has 0 aliphatic carbocycles. The Morgan fingerprint density at radius 2 is 1.95 bits per heavy atom. The van der Waals surface area contributed by atoms with Crippen LogP contribution in [0.4, 0.5) is 15.8 Å². The van der Waals surface area contributed by atoms with E-state index in [0.717, 1.165) is 5.56 Å². The Morgan fingerprint density at radius 1 is 1.24 bits per heavy atom. The lowest BCUT2D eigenvalue weighted by molar-refractivity contribution is -0.116. The molecule has 0 saturated heterocycles. The highest BCUT2D eigenvalue weighted by atomic mass is 19.1. The molecule has 0 radical (unpaired) electrons. The van der Waals surface area contributed by atoms with Gasteiger partial charge in [-0.25, -0.2) is 4.39 Å². The second kappa shape index (κ2) is 6.74. The largest absolute Gasteiger partial charge is 0.494 e. The molecule has 0 aliphatic rings. The summed E-state index contributed by atoms with van der Waals surface area (Å²) in [6.07, 6.45) is 0.952. The van der Waals surface area contributed by atoms with Crippen LogP contribution in [-0.4, -0.2) is 13.0 Å². The summed E-state index contributed by atoms with van der Waals surface area (Å²) in [6.45, 7) is 0. The molecule has 1 amide bonds. The van der Waals surface area contributed by atoms with Gasteiger partial charge in [0, 0.05) is 23.9 Å². The molecule has 0 atom stereocenters. The topological polar surface area (TPSA) is 64.3 Å². The first-order valence-corrected chi connectivity index (χ1v) is 6.56. The van der Waals surface area contributed by atoms with Crippen LogP contribution in [0.25, 0.3) is 0 Å². The number of amides is 1. The Kier molecular flexibility index (Phi) is 4.77. The quantitative estimate of drug-likeness (QED) is 0.831. The van der Waals surface area contributed by atoms with Gasteiger partial charge in [0.25, 0.3) is 0 Å². The molecule has 0 heterocycles. The van der Waals surface area contributed by atoms with Crippen LogP contribution in [0.15, 0.2) is 42.5 Å². The van der Waals surface area contributed by atoms with E-state index in [1.54, 1.807) is 12.1 Å². The second-order valence-corrected chi connectivity index (χ2v) is 4.64. The molecule has 2 aromatic rings. The van der Waals surface area contributed by atoms with Gasteiger partial charge in [-0.15, -0.1) is 0 Å². The first-order valence-electron chi connectivity index (χ1n) is 6.56. The Morgan fingerprint density at radius 3 is 2.62 bits per heavy atom. The minimum atomic E-state index is -0.461. The van der Waals surface area contributed by atoms with Crippen LogP contribution in [0.5, 0.6) is 5.75 Å². The highest BCUT2D eigenvalue weighted by Crippen LogP contribution is 2.21. The normalized spacial score (nSPS) is 10.2. The Labute approximate surface area is 122 Å². The zero-order chi connectivity index (χ0) is 15.2. The average molecular weight is 288 g/mol. The number of ether oxygens (including phenoxy) is 1. The van der Waals surface area contributed by atoms with Gasteiger partial charge in [-0.05, 0) is 36.2 Å². The van der Waals surface area contributed by atoms with Gasteiger partial charge in [-0.3, -0.25) is 4.79 Å². The van der Waals surface area contributed by atoms with Gasteiger partial charge in [-0.2, -0.15) is 0 Å². The van der Waals surface area contributed by atoms with E-state index in [9.17, 15) is 9.18 Å². The van der Waals surface area contributed by atoms with Crippen molar-refractivity contribution in [3.8, 4) is 5.75 Å². The van der Waals surface area contributed by atoms with E-state index in [0.29, 0.717) is 24.2 Å². The van der Waals surface area contributed by atoms with E-state index in [1.165, 1.54) is 25.3 Å². The predicted molar refractivity (Wildman–Crippen MR) is 80.8 cm³/mol. The maximum atomic E-state index is 13.3. The third-order valence-corrected chi connectivity index (χ3v) is 3.06. The Balaban J connectivity index is 1.91. The third kappa shape index (κ3) is 4.21. The number of halogens is 1. The molecule has 0 fully saturated rings. The summed E-state index contributed by atoms with van der Waals surface area (Å²) in [7, 11) is 1.38. The van der Waals surface area contributed by atoms with Crippen molar-refractivity contribution in [1.29, 1.82) is 0 Å². The molecule has 21 heavy (non-hydrogen) atoms. The summed E-state index contributed by atoms with van der Waals surface area (Å²) in [6, 6.07) is 11.6. The van der Waals surface area contributed by atoms with Crippen LogP contribution < -0.4 is 15.8 Å². The molecule has 0 spiro atoms. The number of aryl methyl sites for hydroxylation is 1. The van der Waals surface area contributed by atoms with Crippen LogP contribution in [0, 0.1) is 5.82 Å². The predicted octanol–water partition coefficient (Wildman–Crippen LogP) is 2.99. The summed E-state index contributed by atoms with van der Waals surface area (Å²) in [5, 5.41) is 2.72. The van der Waals surface area contributed by atoms with Crippen molar-refractivity contribution in [2.24, 2.45) is 0 Å². The van der Waals surface area contributed by atoms with Crippen LogP contribution in [0.2, 0.25) is 0 Å². The number of hydrogen-bond donors (Lipinski definition) is 2. The average Bonchev–Trinajstić information content (AvgIpc) is 2.48. The number of methoxy groups -OCH3 is 1. The molecule has 0 aromatic heterocycles. The standard InChI is InChI=1S/C16H17FN2O2/c1-21-15-10-13(7-8-14(15)17)19-16(20)9-4-11-2-5-12(18)6-3-11/h2-3,5-8,10H,4,9,18H2,1H3,(H,19,20). The maximum absolute atomic E-state index is 13.3. The molecule has 2 aromatic carbocycles. The number of hydrogen-bond acceptors (Lipinski definition) is 3. The molecule has 0 aliphatic heterocycles. The Hall–Kier alpha value is -2.56. The Bertz CT molecular complexity index is 627. The van der Waals surface area contributed by atoms with Crippen molar-refractivity contribution < 1.29 is 13.9 Å². The van der Waals surface area contributed by atoms with Crippen molar-refractivity contribution in [3.63, 3.8) is 0 Å². The third-order valence-electron chi connectivity index (χ3n) is 3.06. The summed E-state index contributed by atoms with van der Waals surface area (Å²) in [4.78, 5) is 11.9. The molecule has 5 heteroatoms. The number of nitrogens with two attached hydrogens (primary N) is 1. The highest BCUT2D eigenvalue weighted by molar-refractivity contribution is 5.91. The number of carbonyl (C=O) groups excluding carboxylic acids is 1. The van der Waals surface area contributed by atoms with Crippen molar-refractivity contribution >= 4 is 17.3 Å². The molecule has 110 valence electrons. The lowest BCUT2D eigenvalue weighted by atomic mass is 10.1. The zero-order valence-corrected chi connectivity index (χ0v) is 11.7. The summed E-state index contributed by atoms with van der Waals surface area (Å²) < 4.78 is 18.1. The van der Waals surface area contributed by atoms with E-state index >= 15 is 0 Å². The molecule has 4 nitrogen and oxygen atoms in total. The van der Waals surface area contributed by atoms with Crippen molar-refractivity contribution in [2.45, 2.75) is 12.8 Å². The van der Waals surface area contributed by atoms with Crippen LogP contribution in [-0.2, 0) is 11.2 Å². The van der Waals surface area contributed by atoms with Crippen molar-refractivity contribution in [3.05, 3.63) is 53.8 Å². The summed E-state index contributed by atoms with van der Waals surface area (Å²) in [5.41, 5.74) is 7.85. The number of anilines is 2. The lowest BCUT2D eigenvalue weighted by Crippen LogP contribution is -2.12. The number of benzene rings is 2. The van der Waals surface area contributed by atoms with Gasteiger partial charge < -0.3 is 15.8 Å². The van der Waals surface area contributed by atoms with E-state index in [1.807, 2.05) is 12.1 Å². The van der Waals surface area contributed by atoms with Crippen molar-refractivity contribution in [2.75, 3.05) is 18.2 Å². The maximum Gasteiger partial charge on any atom is 0.224 e. The number of nitrogen functional groups attached to an aromatic ring is 1. The van der Waals surface area contributed by atoms with E-state index in [4.69, 9.17) is 10.5 Å². The molecule has 0 saturated carbocycles. The first-order chi connectivity index (χ1) is 10.1. The van der Waals surface area contributed by atoms with Gasteiger partial charge >= 0.3 is 0 Å². The lowest BCUT2D eigenvalue weighted by Gasteiger charge is -2.08. The van der Waals surface area contributed by atoms with Crippen molar-refractivity contribution in [1.82, 2.24) is 0 Å². The van der Waals surface area contributed by atoms with Crippen LogP contribution in [0.3, 0.4) is 0 Å². The number of carbonyl (C=O) groups is 1. The van der Waals surface area contributed by atoms with E-state index in [2.05, 4.69) is 5.32 Å². The fourth-order valence-corrected chi connectivity index (χ4v) is 1.90. The SMILES string of the molecule is COc1cc(NC(=O)CCc2ccc(N)cc2)ccc1F. The minimum absolute atomic E-state index is 0.103. The molecular formula is C16H17FN2O2. The van der Waals surface area contributed by atoms with E-state index in [-0.39, 0.29) is 11.7 Å². The summed E-state index contributed by atoms with van der Waals surface area (Å²) >= 11 is 0.